The highest BCUT2D eigenvalue weighted by molar-refractivity contribution is 9.10. The third kappa shape index (κ3) is 3.52. The molecular formula is C14H18BrFO. The molecule has 3 heteroatoms. The summed E-state index contributed by atoms with van der Waals surface area (Å²) in [4.78, 5) is 0. The Balaban J connectivity index is 2.04. The fourth-order valence-corrected chi connectivity index (χ4v) is 2.89. The minimum Gasteiger partial charge on any atom is -0.390 e. The first-order valence-corrected chi connectivity index (χ1v) is 6.92. The van der Waals surface area contributed by atoms with Crippen molar-refractivity contribution in [3.8, 4) is 0 Å². The van der Waals surface area contributed by atoms with Crippen LogP contribution >= 0.6 is 15.9 Å². The van der Waals surface area contributed by atoms with Crippen LogP contribution in [0.3, 0.4) is 0 Å². The lowest BCUT2D eigenvalue weighted by Gasteiger charge is -2.33. The third-order valence-corrected chi connectivity index (χ3v) is 4.03. The second kappa shape index (κ2) is 5.07. The molecule has 1 N–H and O–H groups in total. The highest BCUT2D eigenvalue weighted by atomic mass is 79.9. The van der Waals surface area contributed by atoms with E-state index in [0.717, 1.165) is 10.9 Å². The van der Waals surface area contributed by atoms with Gasteiger partial charge in [0, 0.05) is 10.9 Å². The molecule has 94 valence electrons. The Labute approximate surface area is 110 Å². The average molecular weight is 301 g/mol. The Morgan fingerprint density at radius 2 is 2.18 bits per heavy atom. The highest BCUT2D eigenvalue weighted by Crippen LogP contribution is 2.35. The molecule has 1 nitrogen and oxygen atoms in total. The summed E-state index contributed by atoms with van der Waals surface area (Å²) >= 11 is 3.33. The zero-order valence-electron chi connectivity index (χ0n) is 10.0. The van der Waals surface area contributed by atoms with Gasteiger partial charge in [-0.3, -0.25) is 0 Å². The van der Waals surface area contributed by atoms with Crippen LogP contribution in [0.1, 0.15) is 38.2 Å². The van der Waals surface area contributed by atoms with E-state index in [4.69, 9.17) is 0 Å². The molecule has 1 aromatic rings. The Morgan fingerprint density at radius 1 is 1.47 bits per heavy atom. The fourth-order valence-electron chi connectivity index (χ4n) is 2.48. The van der Waals surface area contributed by atoms with E-state index in [-0.39, 0.29) is 5.82 Å². The predicted molar refractivity (Wildman–Crippen MR) is 70.4 cm³/mol. The van der Waals surface area contributed by atoms with E-state index in [1.807, 2.05) is 6.92 Å². The highest BCUT2D eigenvalue weighted by Gasteiger charge is 2.29. The van der Waals surface area contributed by atoms with Crippen LogP contribution in [0.2, 0.25) is 0 Å². The maximum Gasteiger partial charge on any atom is 0.126 e. The van der Waals surface area contributed by atoms with Crippen LogP contribution < -0.4 is 0 Å². The first-order chi connectivity index (χ1) is 7.96. The summed E-state index contributed by atoms with van der Waals surface area (Å²) in [5.41, 5.74) is -0.212. The van der Waals surface area contributed by atoms with Gasteiger partial charge < -0.3 is 5.11 Å². The van der Waals surface area contributed by atoms with E-state index in [9.17, 15) is 9.50 Å². The van der Waals surface area contributed by atoms with Crippen LogP contribution in [0.15, 0.2) is 22.7 Å². The molecule has 0 bridgehead atoms. The van der Waals surface area contributed by atoms with Crippen molar-refractivity contribution in [1.29, 1.82) is 0 Å². The van der Waals surface area contributed by atoms with E-state index < -0.39 is 5.60 Å². The number of benzene rings is 1. The zero-order chi connectivity index (χ0) is 12.5. The molecule has 2 rings (SSSR count). The Morgan fingerprint density at radius 3 is 2.76 bits per heavy atom. The molecule has 17 heavy (non-hydrogen) atoms. The van der Waals surface area contributed by atoms with Crippen LogP contribution in [0.25, 0.3) is 0 Å². The summed E-state index contributed by atoms with van der Waals surface area (Å²) in [5.74, 6) is 0.391. The molecule has 0 aromatic heterocycles. The number of halogens is 2. The van der Waals surface area contributed by atoms with Gasteiger partial charge in [0.05, 0.1) is 5.60 Å². The zero-order valence-corrected chi connectivity index (χ0v) is 11.6. The van der Waals surface area contributed by atoms with Crippen molar-refractivity contribution < 1.29 is 9.50 Å². The van der Waals surface area contributed by atoms with Crippen molar-refractivity contribution in [3.05, 3.63) is 34.1 Å². The second-order valence-corrected chi connectivity index (χ2v) is 6.33. The second-order valence-electron chi connectivity index (χ2n) is 5.41. The van der Waals surface area contributed by atoms with Gasteiger partial charge in [-0.2, -0.15) is 0 Å². The first-order valence-electron chi connectivity index (χ1n) is 6.13. The summed E-state index contributed by atoms with van der Waals surface area (Å²) in [6, 6.07) is 4.88. The van der Waals surface area contributed by atoms with E-state index in [0.29, 0.717) is 17.9 Å². The van der Waals surface area contributed by atoms with Gasteiger partial charge in [-0.05, 0) is 43.0 Å². The first kappa shape index (κ1) is 13.0. The molecule has 1 fully saturated rings. The van der Waals surface area contributed by atoms with Crippen LogP contribution in [-0.2, 0) is 6.42 Å². The lowest BCUT2D eigenvalue weighted by molar-refractivity contribution is 0.0197. The molecule has 0 aliphatic heterocycles. The monoisotopic (exact) mass is 300 g/mol. The smallest absolute Gasteiger partial charge is 0.126 e. The van der Waals surface area contributed by atoms with Crippen LogP contribution in [0.4, 0.5) is 4.39 Å². The summed E-state index contributed by atoms with van der Waals surface area (Å²) in [5, 5.41) is 10.3. The van der Waals surface area contributed by atoms with Crippen LogP contribution in [0.5, 0.6) is 0 Å². The number of rotatable bonds is 4. The van der Waals surface area contributed by atoms with Crippen molar-refractivity contribution in [2.75, 3.05) is 0 Å². The average Bonchev–Trinajstić information content (AvgIpc) is 2.18. The normalized spacial score (nSPS) is 19.8. The largest absolute Gasteiger partial charge is 0.390 e. The van der Waals surface area contributed by atoms with Gasteiger partial charge in [0.25, 0.3) is 0 Å². The minimum atomic E-state index is -0.799. The molecule has 1 aliphatic rings. The van der Waals surface area contributed by atoms with Gasteiger partial charge in [0.15, 0.2) is 0 Å². The fraction of sp³-hybridized carbons (Fsp3) is 0.571. The van der Waals surface area contributed by atoms with Gasteiger partial charge in [0.2, 0.25) is 0 Å². The van der Waals surface area contributed by atoms with Crippen molar-refractivity contribution in [2.45, 2.75) is 44.6 Å². The third-order valence-electron chi connectivity index (χ3n) is 3.53. The van der Waals surface area contributed by atoms with Crippen LogP contribution in [0, 0.1) is 11.7 Å². The standard InChI is InChI=1S/C14H18BrFO/c1-14(17,8-10-3-2-4-10)9-11-7-12(15)5-6-13(11)16/h5-7,10,17H,2-4,8-9H2,1H3. The Kier molecular flexibility index (Phi) is 3.88. The molecule has 0 spiro atoms. The molecule has 0 saturated heterocycles. The Bertz CT molecular complexity index is 399. The Hall–Kier alpha value is -0.410. The summed E-state index contributed by atoms with van der Waals surface area (Å²) in [7, 11) is 0. The number of hydrogen-bond acceptors (Lipinski definition) is 1. The van der Waals surface area contributed by atoms with Crippen LogP contribution in [-0.4, -0.2) is 10.7 Å². The SMILES string of the molecule is CC(O)(Cc1cc(Br)ccc1F)CC1CCC1. The van der Waals surface area contributed by atoms with Gasteiger partial charge in [-0.15, -0.1) is 0 Å². The molecule has 0 radical (unpaired) electrons. The number of aliphatic hydroxyl groups is 1. The lowest BCUT2D eigenvalue weighted by atomic mass is 9.76. The minimum absolute atomic E-state index is 0.234. The molecule has 1 unspecified atom stereocenters. The molecular weight excluding hydrogens is 283 g/mol. The van der Waals surface area contributed by atoms with Gasteiger partial charge in [0.1, 0.15) is 5.82 Å². The summed E-state index contributed by atoms with van der Waals surface area (Å²) < 4.78 is 14.5. The summed E-state index contributed by atoms with van der Waals surface area (Å²) in [6.07, 6.45) is 4.84. The van der Waals surface area contributed by atoms with Gasteiger partial charge >= 0.3 is 0 Å². The molecule has 0 heterocycles. The topological polar surface area (TPSA) is 20.2 Å². The van der Waals surface area contributed by atoms with E-state index in [2.05, 4.69) is 15.9 Å². The van der Waals surface area contributed by atoms with E-state index >= 15 is 0 Å². The lowest BCUT2D eigenvalue weighted by Crippen LogP contribution is -2.32. The van der Waals surface area contributed by atoms with Crippen molar-refractivity contribution >= 4 is 15.9 Å². The quantitative estimate of drug-likeness (QED) is 0.888. The molecule has 1 aliphatic carbocycles. The molecule has 1 atom stereocenters. The van der Waals surface area contributed by atoms with Crippen molar-refractivity contribution in [2.24, 2.45) is 5.92 Å². The number of hydrogen-bond donors (Lipinski definition) is 1. The van der Waals surface area contributed by atoms with Gasteiger partial charge in [-0.25, -0.2) is 4.39 Å². The van der Waals surface area contributed by atoms with Gasteiger partial charge in [-0.1, -0.05) is 35.2 Å². The maximum atomic E-state index is 13.6. The molecule has 1 aromatic carbocycles. The van der Waals surface area contributed by atoms with E-state index in [1.54, 1.807) is 12.1 Å². The molecule has 1 saturated carbocycles. The van der Waals surface area contributed by atoms with Crippen molar-refractivity contribution in [1.82, 2.24) is 0 Å². The maximum absolute atomic E-state index is 13.6. The predicted octanol–water partition coefficient (Wildman–Crippen LogP) is 4.07. The van der Waals surface area contributed by atoms with Crippen molar-refractivity contribution in [3.63, 3.8) is 0 Å². The molecule has 0 amide bonds. The van der Waals surface area contributed by atoms with E-state index in [1.165, 1.54) is 25.3 Å². The summed E-state index contributed by atoms with van der Waals surface area (Å²) in [6.45, 7) is 1.81.